The van der Waals surface area contributed by atoms with Crippen molar-refractivity contribution >= 4 is 21.6 Å². The smallest absolute Gasteiger partial charge is 0.0513 e. The molecule has 0 aromatic heterocycles. The molecule has 1 aromatic rings. The Bertz CT molecular complexity index is 399. The first-order valence-corrected chi connectivity index (χ1v) is 7.74. The van der Waals surface area contributed by atoms with Crippen molar-refractivity contribution in [3.63, 3.8) is 0 Å². The van der Waals surface area contributed by atoms with Crippen LogP contribution < -0.4 is 10.6 Å². The highest BCUT2D eigenvalue weighted by molar-refractivity contribution is 9.10. The molecule has 0 bridgehead atoms. The van der Waals surface area contributed by atoms with Gasteiger partial charge >= 0.3 is 0 Å². The van der Waals surface area contributed by atoms with Gasteiger partial charge in [0.2, 0.25) is 0 Å². The molecule has 1 aliphatic carbocycles. The molecule has 0 saturated heterocycles. The molecule has 1 aliphatic rings. The fraction of sp³-hybridized carbons (Fsp3) is 0.600. The molecule has 0 radical (unpaired) electrons. The van der Waals surface area contributed by atoms with Gasteiger partial charge < -0.3 is 10.6 Å². The minimum Gasteiger partial charge on any atom is -0.368 e. The second-order valence-corrected chi connectivity index (χ2v) is 6.13. The van der Waals surface area contributed by atoms with Gasteiger partial charge in [-0.15, -0.1) is 0 Å². The maximum absolute atomic E-state index is 5.93. The number of benzene rings is 1. The fourth-order valence-corrected chi connectivity index (χ4v) is 2.88. The molecular formula is C15H23BrN2. The van der Waals surface area contributed by atoms with E-state index in [1.807, 2.05) is 6.92 Å². The van der Waals surface area contributed by atoms with Crippen LogP contribution in [0.3, 0.4) is 0 Å². The van der Waals surface area contributed by atoms with Crippen LogP contribution in [-0.2, 0) is 0 Å². The van der Waals surface area contributed by atoms with Gasteiger partial charge in [0.15, 0.2) is 0 Å². The van der Waals surface area contributed by atoms with Gasteiger partial charge in [-0.1, -0.05) is 19.4 Å². The highest BCUT2D eigenvalue weighted by Crippen LogP contribution is 2.37. The first kappa shape index (κ1) is 13.9. The van der Waals surface area contributed by atoms with E-state index in [1.54, 1.807) is 0 Å². The highest BCUT2D eigenvalue weighted by atomic mass is 79.9. The van der Waals surface area contributed by atoms with Gasteiger partial charge in [0.1, 0.15) is 0 Å². The molecule has 0 aliphatic heterocycles. The number of hydrogen-bond acceptors (Lipinski definition) is 2. The molecule has 2 nitrogen and oxygen atoms in total. The van der Waals surface area contributed by atoms with Gasteiger partial charge in [0.25, 0.3) is 0 Å². The molecule has 0 amide bonds. The van der Waals surface area contributed by atoms with Gasteiger partial charge in [-0.3, -0.25) is 0 Å². The average Bonchev–Trinajstić information content (AvgIpc) is 3.15. The van der Waals surface area contributed by atoms with Crippen LogP contribution in [0, 0.1) is 0 Å². The summed E-state index contributed by atoms with van der Waals surface area (Å²) < 4.78 is 1.18. The summed E-state index contributed by atoms with van der Waals surface area (Å²) in [6, 6.07) is 7.40. The average molecular weight is 311 g/mol. The molecule has 1 atom stereocenters. The summed E-state index contributed by atoms with van der Waals surface area (Å²) in [7, 11) is 0. The molecule has 1 fully saturated rings. The molecule has 3 heteroatoms. The zero-order valence-corrected chi connectivity index (χ0v) is 12.9. The Morgan fingerprint density at radius 2 is 2.17 bits per heavy atom. The zero-order valence-electron chi connectivity index (χ0n) is 11.3. The summed E-state index contributed by atoms with van der Waals surface area (Å²) in [6.07, 6.45) is 5.19. The third-order valence-electron chi connectivity index (χ3n) is 3.55. The number of anilines is 1. The summed E-state index contributed by atoms with van der Waals surface area (Å²) in [5.74, 6) is 0. The number of unbranched alkanes of at least 4 members (excludes halogenated alkanes) is 1. The predicted molar refractivity (Wildman–Crippen MR) is 82.0 cm³/mol. The quantitative estimate of drug-likeness (QED) is 0.851. The molecule has 18 heavy (non-hydrogen) atoms. The summed E-state index contributed by atoms with van der Waals surface area (Å²) in [6.45, 7) is 5.44. The summed E-state index contributed by atoms with van der Waals surface area (Å²) in [5, 5.41) is 0. The van der Waals surface area contributed by atoms with Gasteiger partial charge in [-0.2, -0.15) is 0 Å². The first-order chi connectivity index (χ1) is 8.63. The molecule has 0 heterocycles. The number of rotatable bonds is 6. The lowest BCUT2D eigenvalue weighted by atomic mass is 10.1. The van der Waals surface area contributed by atoms with E-state index in [0.29, 0.717) is 0 Å². The Morgan fingerprint density at radius 1 is 1.44 bits per heavy atom. The molecule has 2 N–H and O–H groups in total. The molecular weight excluding hydrogens is 288 g/mol. The highest BCUT2D eigenvalue weighted by Gasteiger charge is 2.29. The maximum Gasteiger partial charge on any atom is 0.0513 e. The minimum absolute atomic E-state index is 0.0976. The van der Waals surface area contributed by atoms with E-state index in [1.165, 1.54) is 41.4 Å². The van der Waals surface area contributed by atoms with Crippen molar-refractivity contribution in [2.75, 3.05) is 11.4 Å². The molecule has 1 saturated carbocycles. The van der Waals surface area contributed by atoms with Crippen molar-refractivity contribution in [1.29, 1.82) is 0 Å². The van der Waals surface area contributed by atoms with E-state index in [2.05, 4.69) is 46.0 Å². The van der Waals surface area contributed by atoms with Crippen LogP contribution in [0.25, 0.3) is 0 Å². The van der Waals surface area contributed by atoms with Crippen molar-refractivity contribution in [2.24, 2.45) is 5.73 Å². The maximum atomic E-state index is 5.93. The van der Waals surface area contributed by atoms with Crippen molar-refractivity contribution in [3.8, 4) is 0 Å². The van der Waals surface area contributed by atoms with Crippen LogP contribution in [0.5, 0.6) is 0 Å². The third-order valence-corrected chi connectivity index (χ3v) is 4.18. The second kappa shape index (κ2) is 6.07. The molecule has 0 spiro atoms. The van der Waals surface area contributed by atoms with E-state index >= 15 is 0 Å². The predicted octanol–water partition coefficient (Wildman–Crippen LogP) is 4.24. The summed E-state index contributed by atoms with van der Waals surface area (Å²) in [4.78, 5) is 2.55. The van der Waals surface area contributed by atoms with Crippen molar-refractivity contribution in [2.45, 2.75) is 51.6 Å². The van der Waals surface area contributed by atoms with Gasteiger partial charge in [-0.25, -0.2) is 0 Å². The Labute approximate surface area is 119 Å². The number of hydrogen-bond donors (Lipinski definition) is 1. The lowest BCUT2D eigenvalue weighted by Gasteiger charge is -2.26. The van der Waals surface area contributed by atoms with Gasteiger partial charge in [-0.05, 0) is 59.8 Å². The van der Waals surface area contributed by atoms with Crippen LogP contribution >= 0.6 is 15.9 Å². The Balaban J connectivity index is 2.19. The van der Waals surface area contributed by atoms with Gasteiger partial charge in [0, 0.05) is 23.1 Å². The Kier molecular flexibility index (Phi) is 4.68. The van der Waals surface area contributed by atoms with Crippen molar-refractivity contribution < 1.29 is 0 Å². The summed E-state index contributed by atoms with van der Waals surface area (Å²) in [5.41, 5.74) is 8.45. The van der Waals surface area contributed by atoms with Crippen LogP contribution in [0.15, 0.2) is 22.7 Å². The number of nitrogens with two attached hydrogens (primary N) is 1. The van der Waals surface area contributed by atoms with Gasteiger partial charge in [0.05, 0.1) is 5.69 Å². The molecule has 0 unspecified atom stereocenters. The lowest BCUT2D eigenvalue weighted by Crippen LogP contribution is -2.27. The topological polar surface area (TPSA) is 29.3 Å². The fourth-order valence-electron chi connectivity index (χ4n) is 2.25. The Hall–Kier alpha value is -0.540. The lowest BCUT2D eigenvalue weighted by molar-refractivity contribution is 0.711. The zero-order chi connectivity index (χ0) is 13.1. The Morgan fingerprint density at radius 3 is 2.67 bits per heavy atom. The van der Waals surface area contributed by atoms with E-state index in [9.17, 15) is 0 Å². The van der Waals surface area contributed by atoms with E-state index < -0.39 is 0 Å². The molecule has 1 aromatic carbocycles. The first-order valence-electron chi connectivity index (χ1n) is 6.95. The van der Waals surface area contributed by atoms with E-state index in [-0.39, 0.29) is 6.04 Å². The minimum atomic E-state index is 0.0976. The molecule has 2 rings (SSSR count). The standard InChI is InChI=1S/C15H23BrN2/c1-3-4-9-18(13-6-7-13)15-8-5-12(11(2)17)10-14(15)16/h5,8,10-11,13H,3-4,6-7,9,17H2,1-2H3/t11-/m0/s1. The van der Waals surface area contributed by atoms with Crippen LogP contribution in [-0.4, -0.2) is 12.6 Å². The molecule has 100 valence electrons. The normalized spacial score (nSPS) is 16.7. The number of halogens is 1. The van der Waals surface area contributed by atoms with Crippen LogP contribution in [0.1, 0.15) is 51.1 Å². The third kappa shape index (κ3) is 3.27. The SMILES string of the molecule is CCCCN(c1ccc([C@H](C)N)cc1Br)C1CC1. The van der Waals surface area contributed by atoms with Crippen molar-refractivity contribution in [1.82, 2.24) is 0 Å². The monoisotopic (exact) mass is 310 g/mol. The van der Waals surface area contributed by atoms with E-state index in [0.717, 1.165) is 12.6 Å². The van der Waals surface area contributed by atoms with Crippen LogP contribution in [0.2, 0.25) is 0 Å². The summed E-state index contributed by atoms with van der Waals surface area (Å²) >= 11 is 3.71. The van der Waals surface area contributed by atoms with Crippen LogP contribution in [0.4, 0.5) is 5.69 Å². The van der Waals surface area contributed by atoms with E-state index in [4.69, 9.17) is 5.73 Å². The largest absolute Gasteiger partial charge is 0.368 e. The number of nitrogens with zero attached hydrogens (tertiary/aromatic N) is 1. The second-order valence-electron chi connectivity index (χ2n) is 5.28. The van der Waals surface area contributed by atoms with Crippen molar-refractivity contribution in [3.05, 3.63) is 28.2 Å².